The zero-order valence-electron chi connectivity index (χ0n) is 59.9. The number of rotatable bonds is 14. The first-order chi connectivity index (χ1) is 42.9. The van der Waals surface area contributed by atoms with Gasteiger partial charge in [-0.15, -0.1) is 0 Å². The third-order valence-corrected chi connectivity index (χ3v) is 19.1. The highest BCUT2D eigenvalue weighted by molar-refractivity contribution is 5.99. The Kier molecular flexibility index (Phi) is 30.0. The fraction of sp³-hybridized carbons (Fsp3) is 0.821. The van der Waals surface area contributed by atoms with Gasteiger partial charge in [0, 0.05) is 75.6 Å². The maximum atomic E-state index is 15.3. The summed E-state index contributed by atoms with van der Waals surface area (Å²) in [6.07, 6.45) is 2.51. The van der Waals surface area contributed by atoms with Gasteiger partial charge in [-0.05, 0) is 109 Å². The summed E-state index contributed by atoms with van der Waals surface area (Å²) in [5, 5.41) is 11.9. The van der Waals surface area contributed by atoms with Crippen molar-refractivity contribution in [3.05, 3.63) is 12.2 Å². The molecule has 17 atom stereocenters. The van der Waals surface area contributed by atoms with Crippen LogP contribution in [0.3, 0.4) is 0 Å². The number of nitrogens with zero attached hydrogens (tertiary/aromatic N) is 8. The molecule has 0 saturated carbocycles. The van der Waals surface area contributed by atoms with E-state index in [-0.39, 0.29) is 61.2 Å². The molecular weight excluding hydrogens is 1180 g/mol. The molecule has 25 nitrogen and oxygen atoms in total. The maximum absolute atomic E-state index is 15.3. The molecule has 25 heteroatoms. The fourth-order valence-electron chi connectivity index (χ4n) is 13.2. The standard InChI is InChI=1S/C67H118N12O13/c1-24-26-28-41(11)55-54-59(82)70-47(25-2)63(85)72(17)45(15)62(84)76(21)52(42(12)36-79-29-27-31-90-32-30-79)56-60(92-56)71-51(40(9)10)66(88)73(18)48(33-37(3)4)58(81)68-43(13)57(80)69-44(14)61(83)74(19)49(34-38(5)6)64(86)75(20)50(35-39(7)8)65(87)77(22)53(46(16)91-55)67(89)78(54)23/h24,26,37-56,60,71H,25,27-36H2,1-23H3,(H,68,81)(H,69,80)(H,70,82). The molecule has 92 heavy (non-hydrogen) atoms. The lowest BCUT2D eigenvalue weighted by molar-refractivity contribution is -0.155. The Labute approximate surface area is 549 Å². The smallest absolute Gasteiger partial charge is 0.248 e. The van der Waals surface area contributed by atoms with Crippen LogP contribution in [-0.4, -0.2) is 271 Å². The van der Waals surface area contributed by atoms with Crippen molar-refractivity contribution in [3.63, 3.8) is 0 Å². The molecule has 0 spiro atoms. The van der Waals surface area contributed by atoms with E-state index in [2.05, 4.69) is 26.2 Å². The van der Waals surface area contributed by atoms with E-state index in [4.69, 9.17) is 14.2 Å². The highest BCUT2D eigenvalue weighted by Crippen LogP contribution is 2.34. The lowest BCUT2D eigenvalue weighted by atomic mass is 9.92. The largest absolute Gasteiger partial charge is 0.380 e. The number of nitrogens with one attached hydrogen (secondary N) is 4. The molecular formula is C67H118N12O13. The molecule has 4 N–H and O–H groups in total. The number of carbonyl (C=O) groups excluding carboxylic acids is 10. The van der Waals surface area contributed by atoms with Gasteiger partial charge in [-0.3, -0.25) is 53.3 Å². The minimum absolute atomic E-state index is 0.0700. The van der Waals surface area contributed by atoms with Gasteiger partial charge in [0.1, 0.15) is 66.7 Å². The second-order valence-electron chi connectivity index (χ2n) is 28.3. The minimum Gasteiger partial charge on any atom is -0.380 e. The summed E-state index contributed by atoms with van der Waals surface area (Å²) in [4.78, 5) is 160. The van der Waals surface area contributed by atoms with Crippen molar-refractivity contribution >= 4 is 59.1 Å². The average Bonchev–Trinajstić information content (AvgIpc) is 1.61. The number of ether oxygens (including phenoxy) is 3. The minimum atomic E-state index is -1.31. The van der Waals surface area contributed by atoms with Crippen LogP contribution in [0.2, 0.25) is 0 Å². The third-order valence-electron chi connectivity index (χ3n) is 19.1. The van der Waals surface area contributed by atoms with Crippen LogP contribution in [0.5, 0.6) is 0 Å². The molecule has 0 aromatic carbocycles. The third kappa shape index (κ3) is 19.9. The zero-order chi connectivity index (χ0) is 69.7. The van der Waals surface area contributed by atoms with Gasteiger partial charge in [-0.25, -0.2) is 0 Å². The Morgan fingerprint density at radius 3 is 1.61 bits per heavy atom. The topological polar surface area (TPSA) is 276 Å². The number of hydrogen-bond donors (Lipinski definition) is 4. The van der Waals surface area contributed by atoms with Crippen LogP contribution in [0.15, 0.2) is 12.2 Å². The second kappa shape index (κ2) is 35.1. The van der Waals surface area contributed by atoms with Crippen LogP contribution in [0.1, 0.15) is 149 Å². The molecule has 524 valence electrons. The predicted octanol–water partition coefficient (Wildman–Crippen LogP) is 2.94. The van der Waals surface area contributed by atoms with E-state index in [9.17, 15) is 24.0 Å². The molecule has 0 aromatic heterocycles. The van der Waals surface area contributed by atoms with Gasteiger partial charge in [-0.2, -0.15) is 0 Å². The number of epoxide rings is 1. The fourth-order valence-corrected chi connectivity index (χ4v) is 13.2. The molecule has 4 aliphatic rings. The lowest BCUT2D eigenvalue weighted by Crippen LogP contribution is -2.62. The first-order valence-electron chi connectivity index (χ1n) is 33.7. The molecule has 10 amide bonds. The van der Waals surface area contributed by atoms with Gasteiger partial charge in [0.15, 0.2) is 0 Å². The molecule has 17 unspecified atom stereocenters. The Morgan fingerprint density at radius 2 is 1.05 bits per heavy atom. The van der Waals surface area contributed by atoms with E-state index in [1.54, 1.807) is 39.8 Å². The maximum Gasteiger partial charge on any atom is 0.248 e. The van der Waals surface area contributed by atoms with E-state index in [0.717, 1.165) is 13.0 Å². The zero-order valence-corrected chi connectivity index (χ0v) is 59.9. The highest BCUT2D eigenvalue weighted by atomic mass is 16.6. The number of allylic oxidation sites excluding steroid dienone is 2. The first kappa shape index (κ1) is 78.7. The summed E-state index contributed by atoms with van der Waals surface area (Å²) in [5.74, 6) is -6.93. The molecule has 0 radical (unpaired) electrons. The van der Waals surface area contributed by atoms with Crippen molar-refractivity contribution in [2.75, 3.05) is 82.2 Å². The van der Waals surface area contributed by atoms with Crippen molar-refractivity contribution in [2.45, 2.75) is 240 Å². The average molecular weight is 1300 g/mol. The summed E-state index contributed by atoms with van der Waals surface area (Å²) in [6, 6.07) is -11.9. The summed E-state index contributed by atoms with van der Waals surface area (Å²) >= 11 is 0. The van der Waals surface area contributed by atoms with Gasteiger partial charge in [0.2, 0.25) is 59.1 Å². The van der Waals surface area contributed by atoms with E-state index < -0.39 is 150 Å². The molecule has 4 aliphatic heterocycles. The predicted molar refractivity (Wildman–Crippen MR) is 352 cm³/mol. The summed E-state index contributed by atoms with van der Waals surface area (Å²) < 4.78 is 19.1. The Balaban J connectivity index is 1.89. The lowest BCUT2D eigenvalue weighted by Gasteiger charge is -2.39. The summed E-state index contributed by atoms with van der Waals surface area (Å²) in [5.41, 5.74) is 0. The Morgan fingerprint density at radius 1 is 0.522 bits per heavy atom. The van der Waals surface area contributed by atoms with Crippen LogP contribution < -0.4 is 21.3 Å². The Bertz CT molecular complexity index is 2560. The van der Waals surface area contributed by atoms with E-state index >= 15 is 24.0 Å². The van der Waals surface area contributed by atoms with E-state index in [1.807, 2.05) is 88.3 Å². The number of likely N-dealkylation sites (N-methyl/N-ethyl adjacent to an activating group) is 7. The monoisotopic (exact) mass is 1300 g/mol. The van der Waals surface area contributed by atoms with Crippen molar-refractivity contribution in [1.82, 2.24) is 60.5 Å². The molecule has 4 rings (SSSR count). The van der Waals surface area contributed by atoms with Gasteiger partial charge < -0.3 is 69.4 Å². The molecule has 0 aliphatic carbocycles. The second-order valence-corrected chi connectivity index (χ2v) is 28.3. The van der Waals surface area contributed by atoms with Crippen LogP contribution in [0.4, 0.5) is 0 Å². The van der Waals surface area contributed by atoms with Crippen LogP contribution in [0.25, 0.3) is 0 Å². The molecule has 4 saturated heterocycles. The van der Waals surface area contributed by atoms with Crippen LogP contribution in [0, 0.1) is 35.5 Å². The van der Waals surface area contributed by atoms with E-state index in [1.165, 1.54) is 78.5 Å². The first-order valence-corrected chi connectivity index (χ1v) is 33.7. The van der Waals surface area contributed by atoms with Crippen molar-refractivity contribution < 1.29 is 62.2 Å². The molecule has 4 heterocycles. The van der Waals surface area contributed by atoms with E-state index in [0.29, 0.717) is 32.7 Å². The van der Waals surface area contributed by atoms with Gasteiger partial charge in [-0.1, -0.05) is 88.3 Å². The van der Waals surface area contributed by atoms with Gasteiger partial charge in [0.25, 0.3) is 0 Å². The molecule has 4 fully saturated rings. The normalized spacial score (nSPS) is 32.2. The molecule has 2 bridgehead atoms. The van der Waals surface area contributed by atoms with Gasteiger partial charge >= 0.3 is 0 Å². The van der Waals surface area contributed by atoms with Crippen molar-refractivity contribution in [2.24, 2.45) is 35.5 Å². The number of fused-ring (bicyclic) bond motifs is 4. The number of amides is 10. The Hall–Kier alpha value is -5.76. The summed E-state index contributed by atoms with van der Waals surface area (Å²) in [6.45, 7) is 32.2. The molecule has 0 aromatic rings. The van der Waals surface area contributed by atoms with Crippen molar-refractivity contribution in [1.29, 1.82) is 0 Å². The van der Waals surface area contributed by atoms with Gasteiger partial charge in [0.05, 0.1) is 30.9 Å². The van der Waals surface area contributed by atoms with Crippen molar-refractivity contribution in [3.8, 4) is 0 Å². The quantitative estimate of drug-likeness (QED) is 0.144. The number of hydrogen-bond acceptors (Lipinski definition) is 15. The highest BCUT2D eigenvalue weighted by Gasteiger charge is 2.54. The number of carbonyl (C=O) groups is 10. The van der Waals surface area contributed by atoms with Crippen LogP contribution in [-0.2, 0) is 62.2 Å². The summed E-state index contributed by atoms with van der Waals surface area (Å²) in [7, 11) is 10.7. The SMILES string of the molecule is CC=CCC(C)C1OC(C)C2C(=O)N(C)C1C(=O)NC(CC)C(=O)N(C)C(C)C(=O)N(C)C(C(C)CN1CCCOCC1)C1OC1NC(C(C)C)C(=O)N(C)C(CC(C)C)C(=O)NC(C)C(=O)NC(C)C(=O)N(C)C(CC(C)C)C(=O)N(C)C(CC(C)C)C(=O)N2C. The van der Waals surface area contributed by atoms with Crippen LogP contribution >= 0.6 is 0 Å².